The lowest BCUT2D eigenvalue weighted by Crippen LogP contribution is -2.39. The zero-order chi connectivity index (χ0) is 15.2. The van der Waals surface area contributed by atoms with Gasteiger partial charge in [0.05, 0.1) is 19.1 Å². The lowest BCUT2D eigenvalue weighted by molar-refractivity contribution is -0.148. The molecule has 1 atom stereocenters. The molecular weight excluding hydrogens is 276 g/mol. The van der Waals surface area contributed by atoms with Crippen molar-refractivity contribution in [2.75, 3.05) is 31.2 Å². The first-order valence-corrected chi connectivity index (χ1v) is 7.20. The summed E-state index contributed by atoms with van der Waals surface area (Å²) in [6, 6.07) is 0.340. The molecule has 0 aliphatic carbocycles. The zero-order valence-corrected chi connectivity index (χ0v) is 12.3. The monoisotopic (exact) mass is 296 g/mol. The van der Waals surface area contributed by atoms with E-state index < -0.39 is 5.97 Å². The molecule has 7 heteroatoms. The predicted octanol–water partition coefficient (Wildman–Crippen LogP) is 1.63. The van der Waals surface area contributed by atoms with Crippen molar-refractivity contribution in [1.82, 2.24) is 4.98 Å². The normalized spacial score (nSPS) is 18.4. The maximum Gasteiger partial charge on any atom is 0.360 e. The molecule has 1 aromatic heterocycles. The van der Waals surface area contributed by atoms with Crippen molar-refractivity contribution in [3.8, 4) is 0 Å². The average Bonchev–Trinajstić information content (AvgIpc) is 2.98. The molecular formula is C14H20N2O5. The van der Waals surface area contributed by atoms with Crippen LogP contribution in [0, 0.1) is 5.92 Å². The minimum absolute atomic E-state index is 0.144. The fraction of sp³-hybridized carbons (Fsp3) is 0.643. The van der Waals surface area contributed by atoms with Crippen LogP contribution in [0.5, 0.6) is 0 Å². The highest BCUT2D eigenvalue weighted by atomic mass is 16.5. The Morgan fingerprint density at radius 3 is 2.86 bits per heavy atom. The second kappa shape index (κ2) is 7.10. The molecule has 1 saturated heterocycles. The summed E-state index contributed by atoms with van der Waals surface area (Å²) >= 11 is 0. The quantitative estimate of drug-likeness (QED) is 0.764. The SMILES string of the molecule is CCOC(=O)c1coc(N2CCCC(C(=O)OCC)C2)n1. The van der Waals surface area contributed by atoms with Gasteiger partial charge in [0, 0.05) is 13.1 Å². The number of ether oxygens (including phenoxy) is 2. The van der Waals surface area contributed by atoms with E-state index in [1.807, 2.05) is 4.90 Å². The average molecular weight is 296 g/mol. The summed E-state index contributed by atoms with van der Waals surface area (Å²) < 4.78 is 15.2. The molecule has 1 unspecified atom stereocenters. The maximum atomic E-state index is 11.8. The summed E-state index contributed by atoms with van der Waals surface area (Å²) in [6.45, 7) is 5.41. The molecule has 0 radical (unpaired) electrons. The van der Waals surface area contributed by atoms with Gasteiger partial charge in [0.2, 0.25) is 0 Å². The first-order chi connectivity index (χ1) is 10.2. The first-order valence-electron chi connectivity index (χ1n) is 7.20. The van der Waals surface area contributed by atoms with Crippen LogP contribution in [-0.4, -0.2) is 43.2 Å². The van der Waals surface area contributed by atoms with Gasteiger partial charge in [0.15, 0.2) is 5.69 Å². The second-order valence-corrected chi connectivity index (χ2v) is 4.77. The van der Waals surface area contributed by atoms with Gasteiger partial charge < -0.3 is 18.8 Å². The number of rotatable bonds is 5. The Bertz CT molecular complexity index is 499. The Morgan fingerprint density at radius 2 is 2.14 bits per heavy atom. The number of aromatic nitrogens is 1. The fourth-order valence-corrected chi connectivity index (χ4v) is 2.31. The van der Waals surface area contributed by atoms with Crippen LogP contribution in [-0.2, 0) is 14.3 Å². The highest BCUT2D eigenvalue weighted by molar-refractivity contribution is 5.87. The molecule has 1 aliphatic rings. The third-order valence-corrected chi connectivity index (χ3v) is 3.29. The molecule has 1 aromatic rings. The summed E-state index contributed by atoms with van der Waals surface area (Å²) in [4.78, 5) is 29.3. The van der Waals surface area contributed by atoms with Crippen molar-refractivity contribution in [1.29, 1.82) is 0 Å². The van der Waals surface area contributed by atoms with E-state index in [1.165, 1.54) is 6.26 Å². The van der Waals surface area contributed by atoms with Crippen LogP contribution in [0.2, 0.25) is 0 Å². The second-order valence-electron chi connectivity index (χ2n) is 4.77. The minimum atomic E-state index is -0.508. The number of oxazole rings is 1. The predicted molar refractivity (Wildman–Crippen MR) is 74.0 cm³/mol. The molecule has 0 amide bonds. The van der Waals surface area contributed by atoms with Gasteiger partial charge in [-0.05, 0) is 26.7 Å². The van der Waals surface area contributed by atoms with Gasteiger partial charge in [0.25, 0.3) is 6.01 Å². The van der Waals surface area contributed by atoms with E-state index in [-0.39, 0.29) is 24.2 Å². The molecule has 0 bridgehead atoms. The summed E-state index contributed by atoms with van der Waals surface area (Å²) in [6.07, 6.45) is 2.92. The van der Waals surface area contributed by atoms with Crippen molar-refractivity contribution >= 4 is 18.0 Å². The molecule has 2 rings (SSSR count). The van der Waals surface area contributed by atoms with Gasteiger partial charge in [-0.1, -0.05) is 0 Å². The summed E-state index contributed by atoms with van der Waals surface area (Å²) in [5.41, 5.74) is 0.144. The smallest absolute Gasteiger partial charge is 0.360 e. The largest absolute Gasteiger partial charge is 0.466 e. The van der Waals surface area contributed by atoms with Gasteiger partial charge in [0.1, 0.15) is 6.26 Å². The topological polar surface area (TPSA) is 81.9 Å². The third kappa shape index (κ3) is 3.74. The molecule has 0 saturated carbocycles. The third-order valence-electron chi connectivity index (χ3n) is 3.29. The Labute approximate surface area is 123 Å². The number of nitrogens with zero attached hydrogens (tertiary/aromatic N) is 2. The van der Waals surface area contributed by atoms with Gasteiger partial charge in [-0.2, -0.15) is 4.98 Å². The number of anilines is 1. The number of hydrogen-bond donors (Lipinski definition) is 0. The van der Waals surface area contributed by atoms with Crippen LogP contribution in [0.15, 0.2) is 10.7 Å². The van der Waals surface area contributed by atoms with Crippen LogP contribution < -0.4 is 4.90 Å². The molecule has 0 N–H and O–H groups in total. The zero-order valence-electron chi connectivity index (χ0n) is 12.3. The van der Waals surface area contributed by atoms with E-state index in [0.717, 1.165) is 19.4 Å². The van der Waals surface area contributed by atoms with Crippen molar-refractivity contribution in [3.63, 3.8) is 0 Å². The standard InChI is InChI=1S/C14H20N2O5/c1-3-19-12(17)10-6-5-7-16(8-10)14-15-11(9-21-14)13(18)20-4-2/h9-10H,3-8H2,1-2H3. The molecule has 1 fully saturated rings. The van der Waals surface area contributed by atoms with Crippen LogP contribution in [0.3, 0.4) is 0 Å². The summed E-state index contributed by atoms with van der Waals surface area (Å²) in [5, 5.41) is 0. The van der Waals surface area contributed by atoms with E-state index in [9.17, 15) is 9.59 Å². The van der Waals surface area contributed by atoms with Crippen molar-refractivity contribution in [3.05, 3.63) is 12.0 Å². The number of esters is 2. The highest BCUT2D eigenvalue weighted by Crippen LogP contribution is 2.23. The lowest BCUT2D eigenvalue weighted by atomic mass is 9.99. The summed E-state index contributed by atoms with van der Waals surface area (Å²) in [7, 11) is 0. The number of carbonyl (C=O) groups is 2. The maximum absolute atomic E-state index is 11.8. The molecule has 116 valence electrons. The molecule has 0 spiro atoms. The van der Waals surface area contributed by atoms with E-state index in [1.54, 1.807) is 13.8 Å². The van der Waals surface area contributed by atoms with Crippen LogP contribution >= 0.6 is 0 Å². The highest BCUT2D eigenvalue weighted by Gasteiger charge is 2.29. The van der Waals surface area contributed by atoms with Crippen molar-refractivity contribution < 1.29 is 23.5 Å². The lowest BCUT2D eigenvalue weighted by Gasteiger charge is -2.30. The van der Waals surface area contributed by atoms with Crippen LogP contribution in [0.4, 0.5) is 6.01 Å². The number of hydrogen-bond acceptors (Lipinski definition) is 7. The van der Waals surface area contributed by atoms with Gasteiger partial charge in [-0.3, -0.25) is 4.79 Å². The van der Waals surface area contributed by atoms with Gasteiger partial charge >= 0.3 is 11.9 Å². The molecule has 0 aromatic carbocycles. The van der Waals surface area contributed by atoms with Gasteiger partial charge in [-0.15, -0.1) is 0 Å². The first kappa shape index (κ1) is 15.3. The molecule has 21 heavy (non-hydrogen) atoms. The van der Waals surface area contributed by atoms with Gasteiger partial charge in [-0.25, -0.2) is 4.79 Å². The van der Waals surface area contributed by atoms with Crippen molar-refractivity contribution in [2.45, 2.75) is 26.7 Å². The molecule has 7 nitrogen and oxygen atoms in total. The minimum Gasteiger partial charge on any atom is -0.466 e. The molecule has 1 aliphatic heterocycles. The number of carbonyl (C=O) groups excluding carboxylic acids is 2. The summed E-state index contributed by atoms with van der Waals surface area (Å²) in [5.74, 6) is -0.887. The van der Waals surface area contributed by atoms with Crippen LogP contribution in [0.25, 0.3) is 0 Å². The Balaban J connectivity index is 2.01. The Hall–Kier alpha value is -2.05. The Kier molecular flexibility index (Phi) is 5.19. The van der Waals surface area contributed by atoms with E-state index in [0.29, 0.717) is 19.2 Å². The van der Waals surface area contributed by atoms with E-state index in [2.05, 4.69) is 4.98 Å². The van der Waals surface area contributed by atoms with Crippen molar-refractivity contribution in [2.24, 2.45) is 5.92 Å². The fourth-order valence-electron chi connectivity index (χ4n) is 2.31. The van der Waals surface area contributed by atoms with Crippen LogP contribution in [0.1, 0.15) is 37.2 Å². The van der Waals surface area contributed by atoms with E-state index >= 15 is 0 Å². The number of piperidine rings is 1. The Morgan fingerprint density at radius 1 is 1.38 bits per heavy atom. The molecule has 2 heterocycles. The van der Waals surface area contributed by atoms with E-state index in [4.69, 9.17) is 13.9 Å².